The Morgan fingerprint density at radius 2 is 1.65 bits per heavy atom. The van der Waals surface area contributed by atoms with Crippen molar-refractivity contribution in [1.29, 1.82) is 0 Å². The van der Waals surface area contributed by atoms with Gasteiger partial charge in [0, 0.05) is 6.04 Å². The molecule has 0 bridgehead atoms. The van der Waals surface area contributed by atoms with Crippen LogP contribution in [0.2, 0.25) is 0 Å². The Labute approximate surface area is 122 Å². The summed E-state index contributed by atoms with van der Waals surface area (Å²) >= 11 is 0. The van der Waals surface area contributed by atoms with Gasteiger partial charge in [-0.1, -0.05) is 31.9 Å². The van der Waals surface area contributed by atoms with E-state index in [0.29, 0.717) is 12.1 Å². The summed E-state index contributed by atoms with van der Waals surface area (Å²) in [6.45, 7) is 2.38. The summed E-state index contributed by atoms with van der Waals surface area (Å²) in [5.41, 5.74) is 1.41. The molecule has 2 aliphatic carbocycles. The lowest BCUT2D eigenvalue weighted by Crippen LogP contribution is -2.28. The monoisotopic (exact) mass is 273 g/mol. The van der Waals surface area contributed by atoms with E-state index < -0.39 is 0 Å². The fraction of sp³-hybridized carbons (Fsp3) is 0.667. The third-order valence-corrected chi connectivity index (χ3v) is 4.91. The second-order valence-electron chi connectivity index (χ2n) is 6.67. The molecule has 3 rings (SSSR count). The Bertz CT molecular complexity index is 416. The van der Waals surface area contributed by atoms with E-state index in [1.807, 2.05) is 0 Å². The first-order chi connectivity index (χ1) is 9.76. The van der Waals surface area contributed by atoms with E-state index in [4.69, 9.17) is 4.74 Å². The SMILES string of the molecule is CNC(c1ccc(OC2CC2)cc1)C1CCC(C)CC1. The number of ether oxygens (including phenoxy) is 1. The number of hydrogen-bond acceptors (Lipinski definition) is 2. The molecular formula is C18H27NO. The Balaban J connectivity index is 1.65. The molecule has 1 aromatic rings. The zero-order valence-corrected chi connectivity index (χ0v) is 12.8. The molecule has 1 N–H and O–H groups in total. The van der Waals surface area contributed by atoms with E-state index in [1.54, 1.807) is 0 Å². The van der Waals surface area contributed by atoms with E-state index >= 15 is 0 Å². The zero-order valence-electron chi connectivity index (χ0n) is 12.8. The quantitative estimate of drug-likeness (QED) is 0.863. The number of nitrogens with one attached hydrogen (secondary N) is 1. The van der Waals surface area contributed by atoms with Gasteiger partial charge in [-0.05, 0) is 62.3 Å². The maximum Gasteiger partial charge on any atom is 0.119 e. The van der Waals surface area contributed by atoms with Crippen molar-refractivity contribution < 1.29 is 4.74 Å². The highest BCUT2D eigenvalue weighted by atomic mass is 16.5. The molecule has 2 aliphatic rings. The van der Waals surface area contributed by atoms with Crippen LogP contribution in [0.15, 0.2) is 24.3 Å². The Kier molecular flexibility index (Phi) is 4.30. The van der Waals surface area contributed by atoms with Crippen molar-refractivity contribution in [3.63, 3.8) is 0 Å². The van der Waals surface area contributed by atoms with Crippen LogP contribution in [0, 0.1) is 11.8 Å². The fourth-order valence-corrected chi connectivity index (χ4v) is 3.43. The standard InChI is InChI=1S/C18H27NO/c1-13-3-5-14(6-4-13)18(19-2)15-7-9-16(10-8-15)20-17-11-12-17/h7-10,13-14,17-19H,3-6,11-12H2,1-2H3. The first-order valence-electron chi connectivity index (χ1n) is 8.20. The van der Waals surface area contributed by atoms with Gasteiger partial charge in [0.1, 0.15) is 5.75 Å². The van der Waals surface area contributed by atoms with Crippen molar-refractivity contribution in [1.82, 2.24) is 5.32 Å². The number of benzene rings is 1. The van der Waals surface area contributed by atoms with Crippen LogP contribution in [0.5, 0.6) is 5.75 Å². The normalized spacial score (nSPS) is 28.1. The van der Waals surface area contributed by atoms with Crippen molar-refractivity contribution in [2.24, 2.45) is 11.8 Å². The minimum absolute atomic E-state index is 0.487. The van der Waals surface area contributed by atoms with Crippen LogP contribution in [0.4, 0.5) is 0 Å². The highest BCUT2D eigenvalue weighted by molar-refractivity contribution is 5.30. The van der Waals surface area contributed by atoms with Crippen LogP contribution >= 0.6 is 0 Å². The summed E-state index contributed by atoms with van der Waals surface area (Å²) in [5.74, 6) is 2.73. The molecule has 0 saturated heterocycles. The smallest absolute Gasteiger partial charge is 0.119 e. The molecule has 0 aromatic heterocycles. The third-order valence-electron chi connectivity index (χ3n) is 4.91. The van der Waals surface area contributed by atoms with Crippen LogP contribution < -0.4 is 10.1 Å². The van der Waals surface area contributed by atoms with Gasteiger partial charge >= 0.3 is 0 Å². The molecular weight excluding hydrogens is 246 g/mol. The minimum atomic E-state index is 0.487. The Hall–Kier alpha value is -1.02. The molecule has 0 amide bonds. The topological polar surface area (TPSA) is 21.3 Å². The maximum atomic E-state index is 5.83. The van der Waals surface area contributed by atoms with E-state index in [-0.39, 0.29) is 0 Å². The molecule has 2 nitrogen and oxygen atoms in total. The van der Waals surface area contributed by atoms with Crippen molar-refractivity contribution in [2.45, 2.75) is 57.6 Å². The van der Waals surface area contributed by atoms with Gasteiger partial charge in [-0.2, -0.15) is 0 Å². The fourth-order valence-electron chi connectivity index (χ4n) is 3.43. The summed E-state index contributed by atoms with van der Waals surface area (Å²) in [6, 6.07) is 9.28. The molecule has 1 aromatic carbocycles. The first-order valence-corrected chi connectivity index (χ1v) is 8.20. The molecule has 1 unspecified atom stereocenters. The summed E-state index contributed by atoms with van der Waals surface area (Å²) in [6.07, 6.45) is 8.40. The highest BCUT2D eigenvalue weighted by Gasteiger charge is 2.27. The van der Waals surface area contributed by atoms with Gasteiger partial charge in [0.25, 0.3) is 0 Å². The van der Waals surface area contributed by atoms with Crippen molar-refractivity contribution in [3.05, 3.63) is 29.8 Å². The molecule has 2 fully saturated rings. The molecule has 1 atom stereocenters. The largest absolute Gasteiger partial charge is 0.490 e. The molecule has 20 heavy (non-hydrogen) atoms. The molecule has 2 saturated carbocycles. The molecule has 110 valence electrons. The molecule has 0 aliphatic heterocycles. The number of rotatable bonds is 5. The van der Waals surface area contributed by atoms with Gasteiger partial charge in [-0.3, -0.25) is 0 Å². The Morgan fingerprint density at radius 3 is 2.20 bits per heavy atom. The summed E-state index contributed by atoms with van der Waals surface area (Å²) in [4.78, 5) is 0. The Morgan fingerprint density at radius 1 is 1.00 bits per heavy atom. The maximum absolute atomic E-state index is 5.83. The van der Waals surface area contributed by atoms with Gasteiger partial charge in [0.2, 0.25) is 0 Å². The van der Waals surface area contributed by atoms with Crippen molar-refractivity contribution in [3.8, 4) is 5.75 Å². The lowest BCUT2D eigenvalue weighted by molar-refractivity contribution is 0.238. The van der Waals surface area contributed by atoms with Crippen molar-refractivity contribution >= 4 is 0 Å². The van der Waals surface area contributed by atoms with E-state index in [1.165, 1.54) is 44.1 Å². The summed E-state index contributed by atoms with van der Waals surface area (Å²) < 4.78 is 5.83. The predicted molar refractivity (Wildman–Crippen MR) is 83.0 cm³/mol. The molecule has 2 heteroatoms. The van der Waals surface area contributed by atoms with E-state index in [0.717, 1.165) is 17.6 Å². The highest BCUT2D eigenvalue weighted by Crippen LogP contribution is 2.37. The van der Waals surface area contributed by atoms with Crippen LogP contribution in [0.1, 0.15) is 57.1 Å². The second-order valence-corrected chi connectivity index (χ2v) is 6.67. The predicted octanol–water partition coefficient (Wildman–Crippen LogP) is 4.31. The van der Waals surface area contributed by atoms with Crippen LogP contribution in [0.25, 0.3) is 0 Å². The van der Waals surface area contributed by atoms with Gasteiger partial charge in [0.05, 0.1) is 6.10 Å². The second kappa shape index (κ2) is 6.17. The first kappa shape index (κ1) is 13.9. The van der Waals surface area contributed by atoms with Gasteiger partial charge < -0.3 is 10.1 Å². The van der Waals surface area contributed by atoms with Gasteiger partial charge in [0.15, 0.2) is 0 Å². The molecule has 0 radical (unpaired) electrons. The van der Waals surface area contributed by atoms with Crippen LogP contribution in [0.3, 0.4) is 0 Å². The summed E-state index contributed by atoms with van der Waals surface area (Å²) in [5, 5.41) is 3.53. The van der Waals surface area contributed by atoms with Crippen LogP contribution in [-0.2, 0) is 0 Å². The lowest BCUT2D eigenvalue weighted by Gasteiger charge is -2.33. The van der Waals surface area contributed by atoms with E-state index in [9.17, 15) is 0 Å². The number of hydrogen-bond donors (Lipinski definition) is 1. The van der Waals surface area contributed by atoms with Crippen LogP contribution in [-0.4, -0.2) is 13.2 Å². The average molecular weight is 273 g/mol. The van der Waals surface area contributed by atoms with E-state index in [2.05, 4.69) is 43.6 Å². The lowest BCUT2D eigenvalue weighted by atomic mass is 9.77. The molecule has 0 spiro atoms. The van der Waals surface area contributed by atoms with Gasteiger partial charge in [-0.15, -0.1) is 0 Å². The van der Waals surface area contributed by atoms with Crippen molar-refractivity contribution in [2.75, 3.05) is 7.05 Å². The zero-order chi connectivity index (χ0) is 13.9. The van der Waals surface area contributed by atoms with Gasteiger partial charge in [-0.25, -0.2) is 0 Å². The average Bonchev–Trinajstić information content (AvgIpc) is 3.27. The molecule has 0 heterocycles. The summed E-state index contributed by atoms with van der Waals surface area (Å²) in [7, 11) is 2.09. The minimum Gasteiger partial charge on any atom is -0.490 e. The third kappa shape index (κ3) is 3.35.